The van der Waals surface area contributed by atoms with Crippen LogP contribution in [0.3, 0.4) is 0 Å². The summed E-state index contributed by atoms with van der Waals surface area (Å²) < 4.78 is 15.5. The zero-order valence-electron chi connectivity index (χ0n) is 14.9. The molecule has 0 saturated heterocycles. The summed E-state index contributed by atoms with van der Waals surface area (Å²) in [7, 11) is 0. The lowest BCUT2D eigenvalue weighted by atomic mass is 10.1. The lowest BCUT2D eigenvalue weighted by Crippen LogP contribution is -2.16. The van der Waals surface area contributed by atoms with Crippen LogP contribution in [0.2, 0.25) is 0 Å². The highest BCUT2D eigenvalue weighted by Gasteiger charge is 2.09. The van der Waals surface area contributed by atoms with E-state index >= 15 is 0 Å². The Bertz CT molecular complexity index is 900. The summed E-state index contributed by atoms with van der Waals surface area (Å²) in [5, 5.41) is 2.12. The molecule has 0 unspecified atom stereocenters. The van der Waals surface area contributed by atoms with E-state index in [2.05, 4.69) is 48.9 Å². The van der Waals surface area contributed by atoms with Gasteiger partial charge in [0.1, 0.15) is 5.82 Å². The average Bonchev–Trinajstić information content (AvgIpc) is 2.99. The fourth-order valence-corrected chi connectivity index (χ4v) is 3.82. The van der Waals surface area contributed by atoms with Gasteiger partial charge in [0.05, 0.1) is 11.4 Å². The summed E-state index contributed by atoms with van der Waals surface area (Å²) in [6.45, 7) is 7.29. The first kappa shape index (κ1) is 17.6. The first-order valence-corrected chi connectivity index (χ1v) is 9.53. The minimum atomic E-state index is -0.209. The zero-order chi connectivity index (χ0) is 17.8. The van der Waals surface area contributed by atoms with Gasteiger partial charge in [-0.05, 0) is 61.2 Å². The number of rotatable bonds is 5. The standard InChI is InChI=1S/C21H23FN2S/c1-4-5-13-24-19(17-9-11-18(22)12-10-17)14-25-21(24)23-20-15(2)7-6-8-16(20)3/h6-12,14H,4-5,13H2,1-3H3. The maximum atomic E-state index is 13.3. The lowest BCUT2D eigenvalue weighted by Gasteiger charge is -2.09. The topological polar surface area (TPSA) is 17.3 Å². The molecule has 4 heteroatoms. The molecule has 0 saturated carbocycles. The van der Waals surface area contributed by atoms with E-state index < -0.39 is 0 Å². The van der Waals surface area contributed by atoms with Gasteiger partial charge < -0.3 is 4.57 Å². The predicted octanol–water partition coefficient (Wildman–Crippen LogP) is 6.01. The molecule has 0 aliphatic carbocycles. The summed E-state index contributed by atoms with van der Waals surface area (Å²) >= 11 is 1.64. The van der Waals surface area contributed by atoms with E-state index in [0.29, 0.717) is 0 Å². The van der Waals surface area contributed by atoms with Crippen LogP contribution >= 0.6 is 11.3 Å². The Hall–Kier alpha value is -2.20. The van der Waals surface area contributed by atoms with Crippen LogP contribution in [0.25, 0.3) is 11.3 Å². The normalized spacial score (nSPS) is 11.9. The monoisotopic (exact) mass is 354 g/mol. The first-order valence-electron chi connectivity index (χ1n) is 8.65. The third-order valence-corrected chi connectivity index (χ3v) is 5.18. The maximum absolute atomic E-state index is 13.3. The van der Waals surface area contributed by atoms with Crippen molar-refractivity contribution in [3.63, 3.8) is 0 Å². The van der Waals surface area contributed by atoms with E-state index in [1.165, 1.54) is 23.3 Å². The highest BCUT2D eigenvalue weighted by atomic mass is 32.1. The molecule has 0 atom stereocenters. The van der Waals surface area contributed by atoms with Crippen molar-refractivity contribution in [1.29, 1.82) is 0 Å². The van der Waals surface area contributed by atoms with Crippen LogP contribution in [0.15, 0.2) is 52.8 Å². The highest BCUT2D eigenvalue weighted by Crippen LogP contribution is 2.25. The molecular formula is C21H23FN2S. The average molecular weight is 354 g/mol. The van der Waals surface area contributed by atoms with Gasteiger partial charge in [0.25, 0.3) is 0 Å². The van der Waals surface area contributed by atoms with Gasteiger partial charge in [0, 0.05) is 11.9 Å². The van der Waals surface area contributed by atoms with Crippen LogP contribution in [-0.2, 0) is 6.54 Å². The predicted molar refractivity (Wildman–Crippen MR) is 104 cm³/mol. The van der Waals surface area contributed by atoms with E-state index in [0.717, 1.165) is 41.1 Å². The molecular weight excluding hydrogens is 331 g/mol. The second-order valence-electron chi connectivity index (χ2n) is 6.27. The summed E-state index contributed by atoms with van der Waals surface area (Å²) in [6.07, 6.45) is 2.21. The minimum absolute atomic E-state index is 0.209. The number of hydrogen-bond acceptors (Lipinski definition) is 2. The number of hydrogen-bond donors (Lipinski definition) is 0. The van der Waals surface area contributed by atoms with Crippen LogP contribution in [0.5, 0.6) is 0 Å². The van der Waals surface area contributed by atoms with Gasteiger partial charge in [-0.2, -0.15) is 0 Å². The van der Waals surface area contributed by atoms with E-state index in [-0.39, 0.29) is 5.82 Å². The van der Waals surface area contributed by atoms with Crippen molar-refractivity contribution in [3.05, 3.63) is 69.6 Å². The number of para-hydroxylation sites is 1. The molecule has 0 aliphatic rings. The van der Waals surface area contributed by atoms with Gasteiger partial charge in [-0.3, -0.25) is 0 Å². The van der Waals surface area contributed by atoms with E-state index in [1.807, 2.05) is 12.1 Å². The largest absolute Gasteiger partial charge is 0.316 e. The van der Waals surface area contributed by atoms with Crippen LogP contribution in [0.1, 0.15) is 30.9 Å². The van der Waals surface area contributed by atoms with Crippen molar-refractivity contribution in [2.45, 2.75) is 40.2 Å². The molecule has 1 aromatic heterocycles. The van der Waals surface area contributed by atoms with Gasteiger partial charge in [-0.25, -0.2) is 9.38 Å². The second kappa shape index (κ2) is 7.79. The lowest BCUT2D eigenvalue weighted by molar-refractivity contribution is 0.621. The summed E-state index contributed by atoms with van der Waals surface area (Å²) in [5.74, 6) is -0.209. The van der Waals surface area contributed by atoms with Crippen LogP contribution in [0, 0.1) is 19.7 Å². The van der Waals surface area contributed by atoms with Crippen molar-refractivity contribution in [2.75, 3.05) is 0 Å². The molecule has 3 rings (SSSR count). The van der Waals surface area contributed by atoms with Crippen molar-refractivity contribution >= 4 is 17.0 Å². The number of aryl methyl sites for hydroxylation is 2. The molecule has 0 amide bonds. The fourth-order valence-electron chi connectivity index (χ4n) is 2.88. The molecule has 0 bridgehead atoms. The Morgan fingerprint density at radius 1 is 1.04 bits per heavy atom. The Kier molecular flexibility index (Phi) is 5.49. The number of nitrogens with zero attached hydrogens (tertiary/aromatic N) is 2. The minimum Gasteiger partial charge on any atom is -0.316 e. The number of thiazole rings is 1. The van der Waals surface area contributed by atoms with Gasteiger partial charge in [0.15, 0.2) is 4.80 Å². The number of benzene rings is 2. The maximum Gasteiger partial charge on any atom is 0.190 e. The van der Waals surface area contributed by atoms with Crippen molar-refractivity contribution in [3.8, 4) is 11.3 Å². The van der Waals surface area contributed by atoms with Gasteiger partial charge in [-0.15, -0.1) is 11.3 Å². The SMILES string of the molecule is CCCCn1c(-c2ccc(F)cc2)csc1=Nc1c(C)cccc1C. The quantitative estimate of drug-likeness (QED) is 0.534. The van der Waals surface area contributed by atoms with Crippen molar-refractivity contribution in [1.82, 2.24) is 4.57 Å². The molecule has 0 fully saturated rings. The Labute approximate surface area is 152 Å². The third kappa shape index (κ3) is 3.90. The molecule has 25 heavy (non-hydrogen) atoms. The van der Waals surface area contributed by atoms with Crippen LogP contribution in [-0.4, -0.2) is 4.57 Å². The smallest absolute Gasteiger partial charge is 0.190 e. The Balaban J connectivity index is 2.14. The Morgan fingerprint density at radius 2 is 1.72 bits per heavy atom. The molecule has 3 aromatic rings. The van der Waals surface area contributed by atoms with Crippen molar-refractivity contribution in [2.24, 2.45) is 4.99 Å². The summed E-state index contributed by atoms with van der Waals surface area (Å²) in [5.41, 5.74) is 5.53. The van der Waals surface area contributed by atoms with Gasteiger partial charge >= 0.3 is 0 Å². The number of unbranched alkanes of at least 4 members (excludes halogenated alkanes) is 1. The zero-order valence-corrected chi connectivity index (χ0v) is 15.7. The van der Waals surface area contributed by atoms with E-state index in [9.17, 15) is 4.39 Å². The molecule has 2 aromatic carbocycles. The van der Waals surface area contributed by atoms with Gasteiger partial charge in [0.2, 0.25) is 0 Å². The van der Waals surface area contributed by atoms with E-state index in [1.54, 1.807) is 11.3 Å². The summed E-state index contributed by atoms with van der Waals surface area (Å²) in [4.78, 5) is 5.96. The molecule has 0 aliphatic heterocycles. The molecule has 0 spiro atoms. The van der Waals surface area contributed by atoms with Crippen LogP contribution < -0.4 is 4.80 Å². The first-order chi connectivity index (χ1) is 12.1. The number of aromatic nitrogens is 1. The fraction of sp³-hybridized carbons (Fsp3) is 0.286. The third-order valence-electron chi connectivity index (χ3n) is 4.32. The molecule has 1 heterocycles. The molecule has 0 N–H and O–H groups in total. The molecule has 130 valence electrons. The number of halogens is 1. The highest BCUT2D eigenvalue weighted by molar-refractivity contribution is 7.07. The van der Waals surface area contributed by atoms with Gasteiger partial charge in [-0.1, -0.05) is 31.5 Å². The van der Waals surface area contributed by atoms with Crippen molar-refractivity contribution < 1.29 is 4.39 Å². The van der Waals surface area contributed by atoms with E-state index in [4.69, 9.17) is 4.99 Å². The summed E-state index contributed by atoms with van der Waals surface area (Å²) in [6, 6.07) is 12.9. The Morgan fingerprint density at radius 3 is 2.36 bits per heavy atom. The molecule has 2 nitrogen and oxygen atoms in total. The second-order valence-corrected chi connectivity index (χ2v) is 7.10. The molecule has 0 radical (unpaired) electrons. The van der Waals surface area contributed by atoms with Crippen LogP contribution in [0.4, 0.5) is 10.1 Å².